The van der Waals surface area contributed by atoms with Crippen LogP contribution in [-0.2, 0) is 77.9 Å². The summed E-state index contributed by atoms with van der Waals surface area (Å²) in [6.07, 6.45) is -4.47. The number of thiophene rings is 1. The zero-order chi connectivity index (χ0) is 33.0. The van der Waals surface area contributed by atoms with E-state index in [0.717, 1.165) is 20.8 Å². The molecule has 3 aromatic carbocycles. The van der Waals surface area contributed by atoms with Crippen molar-refractivity contribution < 1.29 is 65.2 Å². The van der Waals surface area contributed by atoms with Crippen molar-refractivity contribution in [3.05, 3.63) is 77.5 Å². The van der Waals surface area contributed by atoms with Crippen LogP contribution in [0.2, 0.25) is 0 Å². The Morgan fingerprint density at radius 1 is 0.723 bits per heavy atom. The minimum absolute atomic E-state index is 0. The molecule has 4 aromatic rings. The first-order valence-corrected chi connectivity index (χ1v) is 17.4. The Hall–Kier alpha value is -3.02. The molecule has 0 spiro atoms. The minimum Gasteiger partial charge on any atom is -0.757 e. The molecule has 3 heterocycles. The number of carbonyl (C=O) groups is 4. The van der Waals surface area contributed by atoms with Gasteiger partial charge in [0.2, 0.25) is 0 Å². The van der Waals surface area contributed by atoms with Crippen LogP contribution in [0.5, 0.6) is 0 Å². The largest absolute Gasteiger partial charge is 1.00 e. The first-order chi connectivity index (χ1) is 22.0. The third kappa shape index (κ3) is 8.53. The Morgan fingerprint density at radius 3 is 1.98 bits per heavy atom. The maximum absolute atomic E-state index is 11.4. The van der Waals surface area contributed by atoms with Crippen molar-refractivity contribution in [2.75, 3.05) is 6.61 Å². The van der Waals surface area contributed by atoms with E-state index in [2.05, 4.69) is 77.5 Å². The molecule has 0 saturated carbocycles. The second-order valence-electron chi connectivity index (χ2n) is 10.7. The molecule has 0 radical (unpaired) electrons. The van der Waals surface area contributed by atoms with Gasteiger partial charge in [0.15, 0.2) is 12.2 Å². The first kappa shape index (κ1) is 36.8. The molecule has 6 atom stereocenters. The molecule has 2 aliphatic heterocycles. The molecule has 6 rings (SSSR count). The van der Waals surface area contributed by atoms with Gasteiger partial charge in [-0.3, -0.25) is 19.2 Å². The van der Waals surface area contributed by atoms with Gasteiger partial charge in [-0.25, -0.2) is 0 Å². The van der Waals surface area contributed by atoms with Gasteiger partial charge in [0.1, 0.15) is 42.7 Å². The van der Waals surface area contributed by atoms with Crippen LogP contribution in [-0.4, -0.2) is 60.3 Å². The average molecular weight is 878 g/mol. The molecule has 1 fully saturated rings. The van der Waals surface area contributed by atoms with E-state index in [1.54, 1.807) is 5.30 Å². The standard InChI is InChI=1S/C20H13PS.C14H20O9S.Au/c1-2-8-15(9-3-1)21-18-11-5-7-14-6-4-10-16(20(14)18)17-12-22-13-19(17)21;1-6(15)19-5-10-11(20-7(2)16)12(21-8(3)17)13(14(24)23-10)22-9(4)18;/h1-13H;10-14,24H,5H2,1-4H3;/q;;+1. The Balaban J connectivity index is 0.000000208. The fraction of sp³-hybridized carbons (Fsp3) is 0.294. The van der Waals surface area contributed by atoms with E-state index < -0.39 is 61.7 Å². The van der Waals surface area contributed by atoms with Crippen molar-refractivity contribution in [1.82, 2.24) is 0 Å². The SMILES string of the molecule is CC(=O)OCC1OC([S-])C(OC(C)=O)C(OC(C)=O)C1OC(C)=O.[Au+].c1ccc([PH+]2c3cscc3-c3cccc4cccc2c34)cc1. The summed E-state index contributed by atoms with van der Waals surface area (Å²) in [5.41, 5.74) is 1.77. The van der Waals surface area contributed by atoms with Gasteiger partial charge in [-0.1, -0.05) is 48.5 Å². The summed E-state index contributed by atoms with van der Waals surface area (Å²) < 4.78 is 25.7. The fourth-order valence-corrected chi connectivity index (χ4v) is 10.3. The summed E-state index contributed by atoms with van der Waals surface area (Å²) in [5, 5.41) is 12.1. The van der Waals surface area contributed by atoms with Gasteiger partial charge in [0.25, 0.3) is 0 Å². The summed E-state index contributed by atoms with van der Waals surface area (Å²) in [6, 6.07) is 24.5. The topological polar surface area (TPSA) is 114 Å². The summed E-state index contributed by atoms with van der Waals surface area (Å²) in [5.74, 6) is -2.62. The third-order valence-electron chi connectivity index (χ3n) is 7.41. The van der Waals surface area contributed by atoms with E-state index in [1.165, 1.54) is 39.4 Å². The van der Waals surface area contributed by atoms with Gasteiger partial charge >= 0.3 is 46.3 Å². The van der Waals surface area contributed by atoms with E-state index in [9.17, 15) is 19.2 Å². The van der Waals surface area contributed by atoms with Crippen LogP contribution in [0.25, 0.3) is 21.9 Å². The molecule has 1 saturated heterocycles. The molecule has 2 aliphatic rings. The molecule has 250 valence electrons. The zero-order valence-electron chi connectivity index (χ0n) is 25.9. The van der Waals surface area contributed by atoms with Crippen molar-refractivity contribution in [2.45, 2.75) is 57.5 Å². The van der Waals surface area contributed by atoms with Gasteiger partial charge in [-0.15, -0.1) is 11.3 Å². The van der Waals surface area contributed by atoms with Crippen molar-refractivity contribution >= 4 is 82.5 Å². The van der Waals surface area contributed by atoms with E-state index in [-0.39, 0.29) is 29.0 Å². The predicted octanol–water partition coefficient (Wildman–Crippen LogP) is 3.99. The van der Waals surface area contributed by atoms with E-state index >= 15 is 0 Å². The maximum atomic E-state index is 11.4. The Labute approximate surface area is 298 Å². The second-order valence-corrected chi connectivity index (χ2v) is 14.3. The molecular weight excluding hydrogens is 844 g/mol. The Bertz CT molecular complexity index is 1740. The summed E-state index contributed by atoms with van der Waals surface area (Å²) in [6.45, 7) is 4.36. The smallest absolute Gasteiger partial charge is 0.757 e. The van der Waals surface area contributed by atoms with Crippen molar-refractivity contribution in [2.24, 2.45) is 0 Å². The normalized spacial score (nSPS) is 22.3. The molecule has 1 aromatic heterocycles. The summed E-state index contributed by atoms with van der Waals surface area (Å²) >= 11 is 6.94. The second kappa shape index (κ2) is 16.4. The summed E-state index contributed by atoms with van der Waals surface area (Å²) in [7, 11) is -0.891. The van der Waals surface area contributed by atoms with Crippen LogP contribution in [0.4, 0.5) is 0 Å². The van der Waals surface area contributed by atoms with E-state index in [0.29, 0.717) is 0 Å². The number of esters is 4. The molecule has 0 bridgehead atoms. The van der Waals surface area contributed by atoms with Crippen LogP contribution < -0.4 is 15.9 Å². The van der Waals surface area contributed by atoms with Crippen LogP contribution >= 0.6 is 19.3 Å². The van der Waals surface area contributed by atoms with Crippen LogP contribution in [0, 0.1) is 0 Å². The molecule has 6 unspecified atom stereocenters. The number of benzene rings is 3. The quantitative estimate of drug-likeness (QED) is 0.0817. The van der Waals surface area contributed by atoms with E-state index in [4.69, 9.17) is 36.3 Å². The number of fused-ring (bicyclic) bond motifs is 2. The molecule has 0 N–H and O–H groups in total. The number of carbonyl (C=O) groups excluding carboxylic acids is 4. The zero-order valence-corrected chi connectivity index (χ0v) is 30.7. The first-order valence-electron chi connectivity index (χ1n) is 14.5. The summed E-state index contributed by atoms with van der Waals surface area (Å²) in [4.78, 5) is 45.0. The number of hydrogen-bond acceptors (Lipinski definition) is 11. The Morgan fingerprint density at radius 2 is 1.34 bits per heavy atom. The van der Waals surface area contributed by atoms with Crippen LogP contribution in [0.3, 0.4) is 0 Å². The predicted molar refractivity (Wildman–Crippen MR) is 180 cm³/mol. The van der Waals surface area contributed by atoms with Gasteiger partial charge in [0, 0.05) is 49.4 Å². The maximum Gasteiger partial charge on any atom is 1.00 e. The molecule has 47 heavy (non-hydrogen) atoms. The van der Waals surface area contributed by atoms with Gasteiger partial charge < -0.3 is 36.3 Å². The van der Waals surface area contributed by atoms with Gasteiger partial charge in [-0.2, -0.15) is 0 Å². The van der Waals surface area contributed by atoms with Gasteiger partial charge in [-0.05, 0) is 34.6 Å². The van der Waals surface area contributed by atoms with Crippen molar-refractivity contribution in [3.8, 4) is 11.1 Å². The number of rotatable bonds is 6. The number of hydrogen-bond donors (Lipinski definition) is 0. The molecule has 13 heteroatoms. The minimum atomic E-state index is -1.19. The van der Waals surface area contributed by atoms with Crippen molar-refractivity contribution in [3.63, 3.8) is 0 Å². The monoisotopic (exact) mass is 877 g/mol. The van der Waals surface area contributed by atoms with Gasteiger partial charge in [0.05, 0.1) is 0 Å². The van der Waals surface area contributed by atoms with Crippen LogP contribution in [0.15, 0.2) is 77.5 Å². The molecule has 0 amide bonds. The Kier molecular flexibility index (Phi) is 12.8. The molecular formula is C34H33AuO9PS2+. The fourth-order valence-electron chi connectivity index (χ4n) is 5.72. The molecule has 9 nitrogen and oxygen atoms in total. The third-order valence-corrected chi connectivity index (χ3v) is 11.6. The average Bonchev–Trinajstić information content (AvgIpc) is 3.50. The van der Waals surface area contributed by atoms with Crippen LogP contribution in [0.1, 0.15) is 27.7 Å². The molecule has 0 aliphatic carbocycles. The van der Waals surface area contributed by atoms with E-state index in [1.807, 2.05) is 11.3 Å². The van der Waals surface area contributed by atoms with Crippen molar-refractivity contribution in [1.29, 1.82) is 0 Å². The number of ether oxygens (including phenoxy) is 5.